The van der Waals surface area contributed by atoms with Gasteiger partial charge in [0.1, 0.15) is 0 Å². The largest absolute Gasteiger partial charge is 0.493 e. The van der Waals surface area contributed by atoms with Crippen LogP contribution in [0.2, 0.25) is 0 Å². The molecule has 1 amide bonds. The molecule has 1 aromatic carbocycles. The molecule has 1 aromatic rings. The maximum absolute atomic E-state index is 12.0. The number of carbonyl (C=O) groups is 1. The predicted molar refractivity (Wildman–Crippen MR) is 79.6 cm³/mol. The number of amides is 1. The van der Waals surface area contributed by atoms with Crippen molar-refractivity contribution in [2.75, 3.05) is 27.4 Å². The van der Waals surface area contributed by atoms with Crippen LogP contribution in [0.5, 0.6) is 11.5 Å². The van der Waals surface area contributed by atoms with E-state index in [0.29, 0.717) is 30.4 Å². The molecule has 0 aromatic heterocycles. The molecule has 5 heteroatoms. The summed E-state index contributed by atoms with van der Waals surface area (Å²) in [7, 11) is 3.20. The lowest BCUT2D eigenvalue weighted by molar-refractivity contribution is -0.122. The van der Waals surface area contributed by atoms with Crippen LogP contribution in [0.15, 0.2) is 18.2 Å². The van der Waals surface area contributed by atoms with E-state index < -0.39 is 0 Å². The molecule has 1 N–H and O–H groups in total. The van der Waals surface area contributed by atoms with Gasteiger partial charge in [0.15, 0.2) is 11.5 Å². The van der Waals surface area contributed by atoms with Gasteiger partial charge in [-0.3, -0.25) is 4.79 Å². The first-order valence-corrected chi connectivity index (χ1v) is 7.29. The van der Waals surface area contributed by atoms with Crippen molar-refractivity contribution in [3.8, 4) is 11.5 Å². The van der Waals surface area contributed by atoms with Crippen LogP contribution < -0.4 is 14.8 Å². The number of nitrogens with one attached hydrogen (secondary N) is 1. The van der Waals surface area contributed by atoms with Crippen LogP contribution >= 0.6 is 0 Å². The van der Waals surface area contributed by atoms with E-state index in [9.17, 15) is 4.79 Å². The molecule has 0 aliphatic carbocycles. The molecular formula is C16H23NO4. The average Bonchev–Trinajstić information content (AvgIpc) is 2.53. The molecule has 21 heavy (non-hydrogen) atoms. The molecule has 0 unspecified atom stereocenters. The number of benzene rings is 1. The van der Waals surface area contributed by atoms with Crippen molar-refractivity contribution in [2.45, 2.75) is 25.8 Å². The van der Waals surface area contributed by atoms with Crippen molar-refractivity contribution < 1.29 is 19.0 Å². The fourth-order valence-corrected chi connectivity index (χ4v) is 2.57. The zero-order valence-electron chi connectivity index (χ0n) is 12.7. The van der Waals surface area contributed by atoms with E-state index in [4.69, 9.17) is 14.2 Å². The Morgan fingerprint density at radius 2 is 2.05 bits per heavy atom. The quantitative estimate of drug-likeness (QED) is 0.873. The second-order valence-corrected chi connectivity index (χ2v) is 5.19. The summed E-state index contributed by atoms with van der Waals surface area (Å²) in [6.45, 7) is 1.98. The van der Waals surface area contributed by atoms with E-state index in [1.165, 1.54) is 0 Å². The Bertz CT molecular complexity index is 469. The van der Waals surface area contributed by atoms with Gasteiger partial charge in [0.25, 0.3) is 0 Å². The Hall–Kier alpha value is -1.75. The second kappa shape index (κ2) is 7.88. The maximum Gasteiger partial charge on any atom is 0.220 e. The molecule has 1 aliphatic heterocycles. The number of hydrogen-bond acceptors (Lipinski definition) is 4. The van der Waals surface area contributed by atoms with E-state index in [0.717, 1.165) is 31.6 Å². The molecule has 2 rings (SSSR count). The van der Waals surface area contributed by atoms with Crippen LogP contribution in [0.25, 0.3) is 0 Å². The molecule has 1 fully saturated rings. The minimum absolute atomic E-state index is 0.0757. The highest BCUT2D eigenvalue weighted by Crippen LogP contribution is 2.30. The van der Waals surface area contributed by atoms with Crippen molar-refractivity contribution in [3.05, 3.63) is 23.8 Å². The molecule has 1 heterocycles. The monoisotopic (exact) mass is 293 g/mol. The third kappa shape index (κ3) is 4.36. The lowest BCUT2D eigenvalue weighted by Crippen LogP contribution is -2.27. The molecule has 1 saturated heterocycles. The average molecular weight is 293 g/mol. The van der Waals surface area contributed by atoms with Gasteiger partial charge in [-0.1, -0.05) is 12.1 Å². The number of rotatable bonds is 6. The number of hydrogen-bond donors (Lipinski definition) is 1. The first kappa shape index (κ1) is 15.6. The van der Waals surface area contributed by atoms with E-state index in [2.05, 4.69) is 5.32 Å². The van der Waals surface area contributed by atoms with Gasteiger partial charge < -0.3 is 19.5 Å². The van der Waals surface area contributed by atoms with Crippen LogP contribution in [0.4, 0.5) is 0 Å². The van der Waals surface area contributed by atoms with Crippen molar-refractivity contribution >= 4 is 5.91 Å². The van der Waals surface area contributed by atoms with Crippen molar-refractivity contribution in [1.29, 1.82) is 0 Å². The lowest BCUT2D eigenvalue weighted by atomic mass is 9.96. The summed E-state index contributed by atoms with van der Waals surface area (Å²) in [6, 6.07) is 5.66. The third-order valence-electron chi connectivity index (χ3n) is 3.78. The van der Waals surface area contributed by atoms with Crippen LogP contribution in [0.3, 0.4) is 0 Å². The highest BCUT2D eigenvalue weighted by molar-refractivity contribution is 5.76. The van der Waals surface area contributed by atoms with Crippen LogP contribution in [-0.2, 0) is 16.1 Å². The van der Waals surface area contributed by atoms with E-state index in [1.54, 1.807) is 14.2 Å². The van der Waals surface area contributed by atoms with Gasteiger partial charge >= 0.3 is 0 Å². The number of methoxy groups -OCH3 is 2. The van der Waals surface area contributed by atoms with Crippen LogP contribution in [0, 0.1) is 5.92 Å². The predicted octanol–water partition coefficient (Wildman–Crippen LogP) is 2.14. The summed E-state index contributed by atoms with van der Waals surface area (Å²) >= 11 is 0. The Kier molecular flexibility index (Phi) is 5.87. The number of carbonyl (C=O) groups excluding carboxylic acids is 1. The summed E-state index contributed by atoms with van der Waals surface area (Å²) in [5, 5.41) is 2.96. The highest BCUT2D eigenvalue weighted by atomic mass is 16.5. The van der Waals surface area contributed by atoms with Crippen molar-refractivity contribution in [1.82, 2.24) is 5.32 Å². The second-order valence-electron chi connectivity index (χ2n) is 5.19. The first-order valence-electron chi connectivity index (χ1n) is 7.29. The summed E-state index contributed by atoms with van der Waals surface area (Å²) in [4.78, 5) is 12.0. The zero-order valence-corrected chi connectivity index (χ0v) is 12.7. The third-order valence-corrected chi connectivity index (χ3v) is 3.78. The standard InChI is InChI=1S/C16H23NO4/c1-19-14-5-3-4-13(16(14)20-2)11-17-15(18)10-12-6-8-21-9-7-12/h3-5,12H,6-11H2,1-2H3,(H,17,18). The Balaban J connectivity index is 1.88. The molecule has 0 radical (unpaired) electrons. The smallest absolute Gasteiger partial charge is 0.220 e. The van der Waals surface area contributed by atoms with Crippen LogP contribution in [0.1, 0.15) is 24.8 Å². The van der Waals surface area contributed by atoms with E-state index in [-0.39, 0.29) is 5.91 Å². The van der Waals surface area contributed by atoms with Crippen molar-refractivity contribution in [3.63, 3.8) is 0 Å². The Labute approximate surface area is 125 Å². The minimum atomic E-state index is 0.0757. The van der Waals surface area contributed by atoms with Gasteiger partial charge in [0.2, 0.25) is 5.91 Å². The molecular weight excluding hydrogens is 270 g/mol. The van der Waals surface area contributed by atoms with Crippen molar-refractivity contribution in [2.24, 2.45) is 5.92 Å². The Morgan fingerprint density at radius 3 is 2.71 bits per heavy atom. The zero-order chi connectivity index (χ0) is 15.1. The molecule has 0 saturated carbocycles. The molecule has 0 bridgehead atoms. The van der Waals surface area contributed by atoms with Gasteiger partial charge in [0, 0.05) is 31.7 Å². The molecule has 1 aliphatic rings. The molecule has 0 atom stereocenters. The lowest BCUT2D eigenvalue weighted by Gasteiger charge is -2.21. The number of para-hydroxylation sites is 1. The maximum atomic E-state index is 12.0. The Morgan fingerprint density at radius 1 is 1.29 bits per heavy atom. The SMILES string of the molecule is COc1cccc(CNC(=O)CC2CCOCC2)c1OC. The highest BCUT2D eigenvalue weighted by Gasteiger charge is 2.17. The summed E-state index contributed by atoms with van der Waals surface area (Å²) in [5.41, 5.74) is 0.914. The van der Waals surface area contributed by atoms with Gasteiger partial charge in [-0.15, -0.1) is 0 Å². The topological polar surface area (TPSA) is 56.8 Å². The molecule has 0 spiro atoms. The molecule has 5 nitrogen and oxygen atoms in total. The summed E-state index contributed by atoms with van der Waals surface area (Å²) < 4.78 is 15.9. The van der Waals surface area contributed by atoms with Gasteiger partial charge in [-0.25, -0.2) is 0 Å². The first-order chi connectivity index (χ1) is 10.2. The fraction of sp³-hybridized carbons (Fsp3) is 0.562. The minimum Gasteiger partial charge on any atom is -0.493 e. The fourth-order valence-electron chi connectivity index (χ4n) is 2.57. The van der Waals surface area contributed by atoms with Gasteiger partial charge in [-0.05, 0) is 24.8 Å². The van der Waals surface area contributed by atoms with Gasteiger partial charge in [-0.2, -0.15) is 0 Å². The van der Waals surface area contributed by atoms with Gasteiger partial charge in [0.05, 0.1) is 14.2 Å². The van der Waals surface area contributed by atoms with E-state index in [1.807, 2.05) is 18.2 Å². The summed E-state index contributed by atoms with van der Waals surface area (Å²) in [5.74, 6) is 1.86. The molecule has 116 valence electrons. The number of ether oxygens (including phenoxy) is 3. The van der Waals surface area contributed by atoms with E-state index >= 15 is 0 Å². The normalized spacial score (nSPS) is 15.5. The summed E-state index contributed by atoms with van der Waals surface area (Å²) in [6.07, 6.45) is 2.50. The van der Waals surface area contributed by atoms with Crippen LogP contribution in [-0.4, -0.2) is 33.3 Å².